The number of amides is 1. The van der Waals surface area contributed by atoms with Crippen molar-refractivity contribution in [3.8, 4) is 0 Å². The van der Waals surface area contributed by atoms with E-state index in [1.54, 1.807) is 0 Å². The minimum atomic E-state index is -0.415. The van der Waals surface area contributed by atoms with Crippen molar-refractivity contribution in [3.05, 3.63) is 0 Å². The number of hydrogen-bond acceptors (Lipinski definition) is 3. The van der Waals surface area contributed by atoms with E-state index in [2.05, 4.69) is 10.6 Å². The van der Waals surface area contributed by atoms with Gasteiger partial charge in [-0.05, 0) is 52.0 Å². The van der Waals surface area contributed by atoms with Crippen LogP contribution in [0.4, 0.5) is 4.79 Å². The van der Waals surface area contributed by atoms with Crippen LogP contribution in [0.3, 0.4) is 0 Å². The predicted octanol–water partition coefficient (Wildman–Crippen LogP) is 1.90. The Morgan fingerprint density at radius 2 is 2.06 bits per heavy atom. The van der Waals surface area contributed by atoms with Gasteiger partial charge in [0.15, 0.2) is 0 Å². The Balaban J connectivity index is 1.87. The van der Waals surface area contributed by atoms with Gasteiger partial charge in [0.1, 0.15) is 5.60 Å². The average Bonchev–Trinajstić information content (AvgIpc) is 2.63. The molecule has 2 fully saturated rings. The molecule has 17 heavy (non-hydrogen) atoms. The normalized spacial score (nSPS) is 33.0. The van der Waals surface area contributed by atoms with Gasteiger partial charge in [-0.2, -0.15) is 0 Å². The van der Waals surface area contributed by atoms with E-state index >= 15 is 0 Å². The summed E-state index contributed by atoms with van der Waals surface area (Å²) in [4.78, 5) is 11.8. The molecule has 1 saturated heterocycles. The molecule has 1 aliphatic heterocycles. The standard InChI is InChI=1S/C13H24N2O2/c1-13(2,3)17-12(16)15-11-8-14-7-9-5-4-6-10(9)11/h9-11,14H,4-8H2,1-3H3,(H,15,16). The molecule has 0 radical (unpaired) electrons. The second-order valence-electron chi connectivity index (χ2n) is 6.27. The van der Waals surface area contributed by atoms with Gasteiger partial charge in [-0.25, -0.2) is 4.79 Å². The van der Waals surface area contributed by atoms with Crippen LogP contribution >= 0.6 is 0 Å². The van der Waals surface area contributed by atoms with Crippen LogP contribution in [-0.2, 0) is 4.74 Å². The van der Waals surface area contributed by atoms with Gasteiger partial charge < -0.3 is 15.4 Å². The molecule has 3 unspecified atom stereocenters. The van der Waals surface area contributed by atoms with Crippen molar-refractivity contribution >= 4 is 6.09 Å². The van der Waals surface area contributed by atoms with Crippen LogP contribution in [0.2, 0.25) is 0 Å². The smallest absolute Gasteiger partial charge is 0.407 e. The van der Waals surface area contributed by atoms with Crippen molar-refractivity contribution in [3.63, 3.8) is 0 Å². The Labute approximate surface area is 103 Å². The highest BCUT2D eigenvalue weighted by Crippen LogP contribution is 2.35. The van der Waals surface area contributed by atoms with E-state index in [-0.39, 0.29) is 12.1 Å². The van der Waals surface area contributed by atoms with E-state index in [4.69, 9.17) is 4.74 Å². The molecule has 3 atom stereocenters. The zero-order valence-electron chi connectivity index (χ0n) is 11.1. The molecule has 1 heterocycles. The molecule has 0 bridgehead atoms. The van der Waals surface area contributed by atoms with Gasteiger partial charge in [0.2, 0.25) is 0 Å². The van der Waals surface area contributed by atoms with Gasteiger partial charge in [-0.1, -0.05) is 6.42 Å². The first-order valence-corrected chi connectivity index (χ1v) is 6.66. The summed E-state index contributed by atoms with van der Waals surface area (Å²) in [7, 11) is 0. The summed E-state index contributed by atoms with van der Waals surface area (Å²) in [5.74, 6) is 1.38. The minimum absolute atomic E-state index is 0.242. The third kappa shape index (κ3) is 3.35. The Morgan fingerprint density at radius 3 is 2.76 bits per heavy atom. The summed E-state index contributed by atoms with van der Waals surface area (Å²) in [5, 5.41) is 6.43. The fourth-order valence-corrected chi connectivity index (χ4v) is 3.04. The molecule has 4 heteroatoms. The maximum Gasteiger partial charge on any atom is 0.407 e. The molecule has 0 aromatic carbocycles. The summed E-state index contributed by atoms with van der Waals surface area (Å²) >= 11 is 0. The number of carbonyl (C=O) groups is 1. The molecule has 1 saturated carbocycles. The van der Waals surface area contributed by atoms with E-state index in [0.717, 1.165) is 19.0 Å². The molecule has 1 aliphatic carbocycles. The van der Waals surface area contributed by atoms with E-state index in [1.165, 1.54) is 19.3 Å². The monoisotopic (exact) mass is 240 g/mol. The SMILES string of the molecule is CC(C)(C)OC(=O)NC1CNCC2CCCC21. The Hall–Kier alpha value is -0.770. The highest BCUT2D eigenvalue weighted by atomic mass is 16.6. The lowest BCUT2D eigenvalue weighted by Gasteiger charge is -2.35. The van der Waals surface area contributed by atoms with E-state index in [0.29, 0.717) is 5.92 Å². The average molecular weight is 240 g/mol. The molecule has 98 valence electrons. The fraction of sp³-hybridized carbons (Fsp3) is 0.923. The van der Waals surface area contributed by atoms with Crippen molar-refractivity contribution in [1.82, 2.24) is 10.6 Å². The van der Waals surface area contributed by atoms with E-state index in [1.807, 2.05) is 20.8 Å². The number of rotatable bonds is 1. The van der Waals surface area contributed by atoms with Crippen molar-refractivity contribution < 1.29 is 9.53 Å². The molecule has 0 aromatic heterocycles. The van der Waals surface area contributed by atoms with Crippen LogP contribution in [0.15, 0.2) is 0 Å². The van der Waals surface area contributed by atoms with Crippen LogP contribution in [0.1, 0.15) is 40.0 Å². The van der Waals surface area contributed by atoms with Crippen LogP contribution in [0.25, 0.3) is 0 Å². The zero-order valence-corrected chi connectivity index (χ0v) is 11.1. The number of carbonyl (C=O) groups excluding carboxylic acids is 1. The first-order chi connectivity index (χ1) is 7.96. The van der Waals surface area contributed by atoms with Crippen molar-refractivity contribution in [2.75, 3.05) is 13.1 Å². The first-order valence-electron chi connectivity index (χ1n) is 6.66. The fourth-order valence-electron chi connectivity index (χ4n) is 3.04. The van der Waals surface area contributed by atoms with Gasteiger partial charge in [-0.15, -0.1) is 0 Å². The van der Waals surface area contributed by atoms with Crippen molar-refractivity contribution in [2.45, 2.75) is 51.7 Å². The number of piperidine rings is 1. The highest BCUT2D eigenvalue weighted by Gasteiger charge is 2.37. The van der Waals surface area contributed by atoms with Crippen molar-refractivity contribution in [2.24, 2.45) is 11.8 Å². The zero-order chi connectivity index (χ0) is 12.5. The summed E-state index contributed by atoms with van der Waals surface area (Å²) in [6.45, 7) is 7.66. The molecule has 2 N–H and O–H groups in total. The Kier molecular flexibility index (Phi) is 3.61. The maximum absolute atomic E-state index is 11.8. The first kappa shape index (κ1) is 12.7. The summed E-state index contributed by atoms with van der Waals surface area (Å²) in [6.07, 6.45) is 3.55. The van der Waals surface area contributed by atoms with Crippen LogP contribution in [-0.4, -0.2) is 30.8 Å². The number of hydrogen-bond donors (Lipinski definition) is 2. The predicted molar refractivity (Wildman–Crippen MR) is 66.9 cm³/mol. The summed E-state index contributed by atoms with van der Waals surface area (Å²) in [6, 6.07) is 0.242. The molecule has 0 spiro atoms. The Morgan fingerprint density at radius 1 is 1.29 bits per heavy atom. The molecule has 0 aromatic rings. The van der Waals surface area contributed by atoms with Gasteiger partial charge in [0.25, 0.3) is 0 Å². The molecule has 2 rings (SSSR count). The quantitative estimate of drug-likeness (QED) is 0.736. The second-order valence-corrected chi connectivity index (χ2v) is 6.27. The Bertz CT molecular complexity index is 286. The van der Waals surface area contributed by atoms with Crippen LogP contribution in [0, 0.1) is 11.8 Å². The summed E-state index contributed by atoms with van der Waals surface area (Å²) in [5.41, 5.74) is -0.415. The van der Waals surface area contributed by atoms with Crippen LogP contribution < -0.4 is 10.6 Å². The maximum atomic E-state index is 11.8. The van der Waals surface area contributed by atoms with Crippen molar-refractivity contribution in [1.29, 1.82) is 0 Å². The van der Waals surface area contributed by atoms with Crippen LogP contribution in [0.5, 0.6) is 0 Å². The molecule has 2 aliphatic rings. The molecule has 4 nitrogen and oxygen atoms in total. The minimum Gasteiger partial charge on any atom is -0.444 e. The van der Waals surface area contributed by atoms with Gasteiger partial charge in [-0.3, -0.25) is 0 Å². The lowest BCUT2D eigenvalue weighted by Crippen LogP contribution is -2.54. The molecule has 1 amide bonds. The van der Waals surface area contributed by atoms with Gasteiger partial charge >= 0.3 is 6.09 Å². The lowest BCUT2D eigenvalue weighted by atomic mass is 9.86. The van der Waals surface area contributed by atoms with E-state index < -0.39 is 5.60 Å². The lowest BCUT2D eigenvalue weighted by molar-refractivity contribution is 0.0464. The second kappa shape index (κ2) is 4.84. The number of fused-ring (bicyclic) bond motifs is 1. The molecular weight excluding hydrogens is 216 g/mol. The highest BCUT2D eigenvalue weighted by molar-refractivity contribution is 5.68. The largest absolute Gasteiger partial charge is 0.444 e. The molecular formula is C13H24N2O2. The third-order valence-corrected chi connectivity index (χ3v) is 3.71. The van der Waals surface area contributed by atoms with Gasteiger partial charge in [0.05, 0.1) is 0 Å². The number of ether oxygens (including phenoxy) is 1. The topological polar surface area (TPSA) is 50.4 Å². The number of nitrogens with one attached hydrogen (secondary N) is 2. The van der Waals surface area contributed by atoms with E-state index in [9.17, 15) is 4.79 Å². The summed E-state index contributed by atoms with van der Waals surface area (Å²) < 4.78 is 5.31. The number of alkyl carbamates (subject to hydrolysis) is 1. The van der Waals surface area contributed by atoms with Gasteiger partial charge in [0, 0.05) is 12.6 Å². The third-order valence-electron chi connectivity index (χ3n) is 3.71.